The molecule has 6 nitrogen and oxygen atoms in total. The highest BCUT2D eigenvalue weighted by Crippen LogP contribution is 2.12. The lowest BCUT2D eigenvalue weighted by Crippen LogP contribution is -2.21. The van der Waals surface area contributed by atoms with Gasteiger partial charge in [-0.05, 0) is 32.9 Å². The van der Waals surface area contributed by atoms with Gasteiger partial charge in [0.2, 0.25) is 0 Å². The van der Waals surface area contributed by atoms with Crippen molar-refractivity contribution in [2.75, 3.05) is 0 Å². The van der Waals surface area contributed by atoms with E-state index in [0.717, 1.165) is 33.8 Å². The average Bonchev–Trinajstić information content (AvgIpc) is 2.92. The molecule has 0 amide bonds. The minimum atomic E-state index is 0.00201. The number of benzene rings is 1. The number of aromatic amines is 2. The highest BCUT2D eigenvalue weighted by Gasteiger charge is 2.10. The van der Waals surface area contributed by atoms with Gasteiger partial charge in [0.05, 0.1) is 6.04 Å². The second kappa shape index (κ2) is 5.73. The van der Waals surface area contributed by atoms with Crippen molar-refractivity contribution in [2.45, 2.75) is 33.4 Å². The molecule has 114 valence electrons. The molecule has 3 N–H and O–H groups in total. The predicted octanol–water partition coefficient (Wildman–Crippen LogP) is 2.11. The molecule has 2 aromatic heterocycles. The largest absolute Gasteiger partial charge is 0.357 e. The van der Waals surface area contributed by atoms with Crippen molar-refractivity contribution in [3.05, 3.63) is 57.4 Å². The van der Waals surface area contributed by atoms with Crippen LogP contribution in [0.2, 0.25) is 0 Å². The van der Waals surface area contributed by atoms with Gasteiger partial charge in [0.1, 0.15) is 5.82 Å². The Kier molecular flexibility index (Phi) is 3.77. The number of nitrogens with zero attached hydrogens (tertiary/aromatic N) is 2. The summed E-state index contributed by atoms with van der Waals surface area (Å²) in [6, 6.07) is 7.49. The molecule has 1 atom stereocenters. The summed E-state index contributed by atoms with van der Waals surface area (Å²) in [7, 11) is 0. The van der Waals surface area contributed by atoms with E-state index in [1.807, 2.05) is 39.0 Å². The van der Waals surface area contributed by atoms with E-state index in [9.17, 15) is 4.79 Å². The van der Waals surface area contributed by atoms with Gasteiger partial charge >= 0.3 is 0 Å². The van der Waals surface area contributed by atoms with Crippen LogP contribution in [-0.4, -0.2) is 20.2 Å². The van der Waals surface area contributed by atoms with Crippen LogP contribution in [0.5, 0.6) is 0 Å². The zero-order valence-corrected chi connectivity index (χ0v) is 12.9. The lowest BCUT2D eigenvalue weighted by Gasteiger charge is -2.11. The van der Waals surface area contributed by atoms with E-state index >= 15 is 0 Å². The summed E-state index contributed by atoms with van der Waals surface area (Å²) >= 11 is 0. The molecular weight excluding hydrogens is 278 g/mol. The van der Waals surface area contributed by atoms with Crippen molar-refractivity contribution in [2.24, 2.45) is 0 Å². The molecule has 0 unspecified atom stereocenters. The topological polar surface area (TPSA) is 86.5 Å². The van der Waals surface area contributed by atoms with E-state index in [1.54, 1.807) is 6.07 Å². The van der Waals surface area contributed by atoms with Crippen LogP contribution in [0, 0.1) is 13.8 Å². The molecule has 2 heterocycles. The van der Waals surface area contributed by atoms with Gasteiger partial charge < -0.3 is 10.3 Å². The maximum atomic E-state index is 12.2. The summed E-state index contributed by atoms with van der Waals surface area (Å²) < 4.78 is 0. The summed E-state index contributed by atoms with van der Waals surface area (Å²) in [4.78, 5) is 19.8. The highest BCUT2D eigenvalue weighted by molar-refractivity contribution is 5.79. The summed E-state index contributed by atoms with van der Waals surface area (Å²) in [6.07, 6.45) is 0. The number of H-pyrrole nitrogens is 2. The lowest BCUT2D eigenvalue weighted by atomic mass is 10.1. The van der Waals surface area contributed by atoms with Gasteiger partial charge in [-0.25, -0.2) is 4.98 Å². The molecule has 1 aromatic carbocycles. The van der Waals surface area contributed by atoms with Crippen LogP contribution in [0.25, 0.3) is 10.9 Å². The smallest absolute Gasteiger partial charge is 0.189 e. The normalized spacial score (nSPS) is 12.7. The average molecular weight is 297 g/mol. The Hall–Kier alpha value is -2.47. The van der Waals surface area contributed by atoms with Crippen LogP contribution < -0.4 is 10.7 Å². The third-order valence-corrected chi connectivity index (χ3v) is 3.64. The molecule has 0 aliphatic heterocycles. The maximum Gasteiger partial charge on any atom is 0.189 e. The summed E-state index contributed by atoms with van der Waals surface area (Å²) in [5.41, 5.74) is 2.82. The Morgan fingerprint density at radius 2 is 2.09 bits per heavy atom. The molecule has 0 bridgehead atoms. The van der Waals surface area contributed by atoms with E-state index in [-0.39, 0.29) is 11.5 Å². The zero-order chi connectivity index (χ0) is 15.7. The number of aryl methyl sites for hydroxylation is 2. The van der Waals surface area contributed by atoms with E-state index < -0.39 is 0 Å². The molecule has 0 radical (unpaired) electrons. The molecule has 0 saturated heterocycles. The van der Waals surface area contributed by atoms with Crippen LogP contribution in [0.4, 0.5) is 0 Å². The number of nitrogens with one attached hydrogen (secondary N) is 3. The van der Waals surface area contributed by atoms with Crippen LogP contribution >= 0.6 is 0 Å². The first kappa shape index (κ1) is 14.5. The zero-order valence-electron chi connectivity index (χ0n) is 12.9. The number of pyridine rings is 1. The van der Waals surface area contributed by atoms with Crippen LogP contribution in [-0.2, 0) is 6.54 Å². The summed E-state index contributed by atoms with van der Waals surface area (Å²) in [5, 5.41) is 11.0. The standard InChI is InChI=1S/C16H19N5O/c1-9-4-5-14-13(6-9)15(22)7-12(19-14)8-17-10(2)16-18-11(3)20-21-16/h4-7,10,17H,8H2,1-3H3,(H,19,22)(H,18,20,21)/t10-/m0/s1. The van der Waals surface area contributed by atoms with Crippen molar-refractivity contribution < 1.29 is 0 Å². The van der Waals surface area contributed by atoms with E-state index in [1.165, 1.54) is 0 Å². The SMILES string of the molecule is Cc1ccc2[nH]c(CN[C@@H](C)c3n[nH]c(C)n3)cc(=O)c2c1. The number of hydrogen-bond donors (Lipinski definition) is 3. The fraction of sp³-hybridized carbons (Fsp3) is 0.312. The predicted molar refractivity (Wildman–Crippen MR) is 85.7 cm³/mol. The first-order valence-electron chi connectivity index (χ1n) is 7.28. The van der Waals surface area contributed by atoms with Crippen molar-refractivity contribution in [3.8, 4) is 0 Å². The fourth-order valence-electron chi connectivity index (χ4n) is 2.42. The number of hydrogen-bond acceptors (Lipinski definition) is 4. The monoisotopic (exact) mass is 297 g/mol. The molecule has 6 heteroatoms. The first-order valence-corrected chi connectivity index (χ1v) is 7.28. The number of rotatable bonds is 4. The Balaban J connectivity index is 1.79. The number of aromatic nitrogens is 4. The summed E-state index contributed by atoms with van der Waals surface area (Å²) in [5.74, 6) is 1.51. The van der Waals surface area contributed by atoms with Gasteiger partial charge in [0, 0.05) is 29.2 Å². The second-order valence-corrected chi connectivity index (χ2v) is 5.59. The van der Waals surface area contributed by atoms with Gasteiger partial charge in [0.25, 0.3) is 0 Å². The van der Waals surface area contributed by atoms with Crippen molar-refractivity contribution in [3.63, 3.8) is 0 Å². The van der Waals surface area contributed by atoms with Crippen molar-refractivity contribution >= 4 is 10.9 Å². The minimum absolute atomic E-state index is 0.00201. The lowest BCUT2D eigenvalue weighted by molar-refractivity contribution is 0.542. The van der Waals surface area contributed by atoms with Crippen molar-refractivity contribution in [1.29, 1.82) is 0 Å². The Morgan fingerprint density at radius 1 is 1.27 bits per heavy atom. The molecule has 22 heavy (non-hydrogen) atoms. The van der Waals surface area contributed by atoms with E-state index in [4.69, 9.17) is 0 Å². The Morgan fingerprint density at radius 3 is 2.82 bits per heavy atom. The minimum Gasteiger partial charge on any atom is -0.357 e. The highest BCUT2D eigenvalue weighted by atomic mass is 16.1. The van der Waals surface area contributed by atoms with Crippen LogP contribution in [0.1, 0.15) is 35.9 Å². The van der Waals surface area contributed by atoms with Gasteiger partial charge in [0.15, 0.2) is 11.3 Å². The molecule has 0 saturated carbocycles. The second-order valence-electron chi connectivity index (χ2n) is 5.59. The Bertz CT molecular complexity index is 864. The molecule has 0 spiro atoms. The van der Waals surface area contributed by atoms with Crippen LogP contribution in [0.15, 0.2) is 29.1 Å². The molecule has 0 aliphatic carbocycles. The maximum absolute atomic E-state index is 12.2. The van der Waals surface area contributed by atoms with Gasteiger partial charge in [-0.1, -0.05) is 11.6 Å². The number of fused-ring (bicyclic) bond motifs is 1. The van der Waals surface area contributed by atoms with Crippen molar-refractivity contribution in [1.82, 2.24) is 25.5 Å². The van der Waals surface area contributed by atoms with E-state index in [2.05, 4.69) is 25.5 Å². The summed E-state index contributed by atoms with van der Waals surface area (Å²) in [6.45, 7) is 6.39. The molecule has 3 aromatic rings. The molecule has 0 aliphatic rings. The van der Waals surface area contributed by atoms with E-state index in [0.29, 0.717) is 6.54 Å². The van der Waals surface area contributed by atoms with Gasteiger partial charge in [-0.3, -0.25) is 9.89 Å². The molecular formula is C16H19N5O. The molecule has 0 fully saturated rings. The quantitative estimate of drug-likeness (QED) is 0.688. The molecule has 3 rings (SSSR count). The first-order chi connectivity index (χ1) is 10.5. The van der Waals surface area contributed by atoms with Gasteiger partial charge in [-0.15, -0.1) is 0 Å². The Labute approximate surface area is 128 Å². The van der Waals surface area contributed by atoms with Crippen LogP contribution in [0.3, 0.4) is 0 Å². The third-order valence-electron chi connectivity index (χ3n) is 3.64. The third kappa shape index (κ3) is 2.92. The fourth-order valence-corrected chi connectivity index (χ4v) is 2.42. The van der Waals surface area contributed by atoms with Gasteiger partial charge in [-0.2, -0.15) is 5.10 Å².